The molecule has 0 saturated heterocycles. The van der Waals surface area contributed by atoms with Gasteiger partial charge in [-0.2, -0.15) is 0 Å². The first kappa shape index (κ1) is 9.33. The third-order valence-corrected chi connectivity index (χ3v) is 0.846. The van der Waals surface area contributed by atoms with Gasteiger partial charge in [0.2, 0.25) is 0 Å². The summed E-state index contributed by atoms with van der Waals surface area (Å²) in [6.07, 6.45) is 2.77. The molecule has 0 rings (SSSR count). The molecule has 0 saturated carbocycles. The van der Waals surface area contributed by atoms with Crippen LogP contribution in [0.4, 0.5) is 0 Å². The minimum atomic E-state index is 0.0669. The molecule has 0 aliphatic heterocycles. The van der Waals surface area contributed by atoms with Crippen LogP contribution in [0.5, 0.6) is 0 Å². The van der Waals surface area contributed by atoms with Gasteiger partial charge < -0.3 is 0 Å². The van der Waals surface area contributed by atoms with Crippen molar-refractivity contribution in [3.05, 3.63) is 11.2 Å². The number of halogens is 2. The molecule has 0 radical (unpaired) electrons. The van der Waals surface area contributed by atoms with E-state index in [1.54, 1.807) is 0 Å². The van der Waals surface area contributed by atoms with Crippen LogP contribution in [0.2, 0.25) is 0 Å². The highest BCUT2D eigenvalue weighted by atomic mass is 35.5. The number of carbonyl (C=O) groups excluding carboxylic acids is 1. The average Bonchev–Trinajstić information content (AvgIpc) is 1.89. The van der Waals surface area contributed by atoms with E-state index in [1.807, 2.05) is 0 Å². The fourth-order valence-electron chi connectivity index (χ4n) is 0.213. The molecular formula is C5H4Cl2N2O. The quantitative estimate of drug-likeness (QED) is 0.213. The summed E-state index contributed by atoms with van der Waals surface area (Å²) in [7, 11) is 0. The van der Waals surface area contributed by atoms with E-state index in [2.05, 4.69) is 9.98 Å². The molecule has 0 N–H and O–H groups in total. The van der Waals surface area contributed by atoms with Gasteiger partial charge in [0.1, 0.15) is 17.8 Å². The van der Waals surface area contributed by atoms with Gasteiger partial charge >= 0.3 is 0 Å². The van der Waals surface area contributed by atoms with Gasteiger partial charge in [-0.3, -0.25) is 4.79 Å². The number of nitrogens with zero attached hydrogens (tertiary/aromatic N) is 2. The van der Waals surface area contributed by atoms with Crippen LogP contribution >= 0.6 is 23.2 Å². The first-order chi connectivity index (χ1) is 4.81. The lowest BCUT2D eigenvalue weighted by Crippen LogP contribution is -1.69. The van der Waals surface area contributed by atoms with Crippen LogP contribution in [-0.4, -0.2) is 18.3 Å². The van der Waals surface area contributed by atoms with Crippen LogP contribution in [-0.2, 0) is 4.79 Å². The van der Waals surface area contributed by atoms with Crippen molar-refractivity contribution < 1.29 is 4.79 Å². The molecule has 10 heavy (non-hydrogen) atoms. The Hall–Kier alpha value is -0.670. The Balaban J connectivity index is 3.88. The summed E-state index contributed by atoms with van der Waals surface area (Å²) in [4.78, 5) is 16.6. The topological polar surface area (TPSA) is 41.8 Å². The van der Waals surface area contributed by atoms with Gasteiger partial charge in [0, 0.05) is 6.08 Å². The molecule has 0 heterocycles. The molecule has 0 fully saturated rings. The van der Waals surface area contributed by atoms with Crippen LogP contribution in [0.3, 0.4) is 0 Å². The number of rotatable bonds is 3. The van der Waals surface area contributed by atoms with E-state index in [1.165, 1.54) is 0 Å². The predicted octanol–water partition coefficient (Wildman–Crippen LogP) is 1.56. The van der Waals surface area contributed by atoms with Gasteiger partial charge in [-0.05, 0) is 0 Å². The number of aliphatic imine (C=N–C) groups is 2. The summed E-state index contributed by atoms with van der Waals surface area (Å²) >= 11 is 10.4. The van der Waals surface area contributed by atoms with Crippen molar-refractivity contribution in [2.45, 2.75) is 0 Å². The summed E-state index contributed by atoms with van der Waals surface area (Å²) < 4.78 is 0. The Kier molecular flexibility index (Phi) is 6.02. The van der Waals surface area contributed by atoms with Crippen LogP contribution < -0.4 is 0 Å². The minimum Gasteiger partial charge on any atom is -0.298 e. The van der Waals surface area contributed by atoms with E-state index >= 15 is 0 Å². The second kappa shape index (κ2) is 6.45. The van der Waals surface area contributed by atoms with Gasteiger partial charge in [0.05, 0.1) is 5.67 Å². The summed E-state index contributed by atoms with van der Waals surface area (Å²) in [6, 6.07) is 0. The smallest absolute Gasteiger partial charge is 0.145 e. The van der Waals surface area contributed by atoms with Gasteiger partial charge in [-0.15, -0.1) is 0 Å². The predicted molar refractivity (Wildman–Crippen MR) is 42.8 cm³/mol. The maximum Gasteiger partial charge on any atom is 0.145 e. The van der Waals surface area contributed by atoms with Crippen molar-refractivity contribution in [2.24, 2.45) is 9.98 Å². The molecule has 0 atom stereocenters. The third-order valence-electron chi connectivity index (χ3n) is 0.510. The number of aldehydes is 1. The molecule has 3 nitrogen and oxygen atoms in total. The number of carbonyl (C=O) groups is 1. The molecule has 0 amide bonds. The Labute approximate surface area is 68.1 Å². The third kappa shape index (κ3) is 5.47. The normalized spacial score (nSPS) is 13.2. The Morgan fingerprint density at radius 1 is 1.50 bits per heavy atom. The van der Waals surface area contributed by atoms with Crippen LogP contribution in [0.25, 0.3) is 0 Å². The molecule has 0 aliphatic carbocycles. The Morgan fingerprint density at radius 3 is 2.70 bits per heavy atom. The molecule has 0 unspecified atom stereocenters. The van der Waals surface area contributed by atoms with Gasteiger partial charge in [-0.25, -0.2) is 9.98 Å². The van der Waals surface area contributed by atoms with Crippen LogP contribution in [0, 0.1) is 0 Å². The van der Waals surface area contributed by atoms with Gasteiger partial charge in [-0.1, -0.05) is 23.2 Å². The van der Waals surface area contributed by atoms with Crippen molar-refractivity contribution in [2.75, 3.05) is 0 Å². The van der Waals surface area contributed by atoms with Crippen molar-refractivity contribution in [3.63, 3.8) is 0 Å². The molecule has 0 bridgehead atoms. The second-order valence-corrected chi connectivity index (χ2v) is 1.70. The lowest BCUT2D eigenvalue weighted by molar-refractivity contribution is -0.104. The summed E-state index contributed by atoms with van der Waals surface area (Å²) in [5.41, 5.74) is 1.04. The molecule has 0 aliphatic rings. The highest BCUT2D eigenvalue weighted by molar-refractivity contribution is 6.56. The molecule has 5 heteroatoms. The van der Waals surface area contributed by atoms with Crippen molar-refractivity contribution in [3.8, 4) is 0 Å². The van der Waals surface area contributed by atoms with Crippen molar-refractivity contribution in [1.29, 1.82) is 0 Å². The van der Waals surface area contributed by atoms with E-state index < -0.39 is 0 Å². The minimum absolute atomic E-state index is 0.0669. The molecule has 0 aromatic carbocycles. The van der Waals surface area contributed by atoms with Gasteiger partial charge in [0.25, 0.3) is 0 Å². The zero-order valence-corrected chi connectivity index (χ0v) is 6.38. The maximum absolute atomic E-state index is 9.75. The summed E-state index contributed by atoms with van der Waals surface area (Å²) in [6.45, 7) is 0. The Bertz CT molecular complexity index is 186. The SMILES string of the molecule is O=C/C=C(Cl)/N=C\N=C\Cl. The second-order valence-electron chi connectivity index (χ2n) is 1.12. The standard InChI is InChI=1S/C5H4Cl2N2O/c6-3-8-4-9-5(7)1-2-10/h1-4H/b5-1+,8-3+,9-4-. The average molecular weight is 179 g/mol. The number of hydrogen-bond donors (Lipinski definition) is 0. The van der Waals surface area contributed by atoms with Crippen molar-refractivity contribution in [1.82, 2.24) is 0 Å². The van der Waals surface area contributed by atoms with E-state index in [0.29, 0.717) is 6.29 Å². The van der Waals surface area contributed by atoms with Gasteiger partial charge in [0.15, 0.2) is 0 Å². The number of allylic oxidation sites excluding steroid dienone is 1. The molecule has 0 aromatic heterocycles. The summed E-state index contributed by atoms with van der Waals surface area (Å²) in [5.74, 6) is 0. The lowest BCUT2D eigenvalue weighted by Gasteiger charge is -1.79. The Morgan fingerprint density at radius 2 is 2.20 bits per heavy atom. The monoisotopic (exact) mass is 178 g/mol. The van der Waals surface area contributed by atoms with E-state index in [4.69, 9.17) is 23.2 Å². The zero-order valence-electron chi connectivity index (χ0n) is 4.87. The first-order valence-electron chi connectivity index (χ1n) is 2.26. The highest BCUT2D eigenvalue weighted by Gasteiger charge is 1.80. The maximum atomic E-state index is 9.75. The fourth-order valence-corrected chi connectivity index (χ4v) is 0.358. The highest BCUT2D eigenvalue weighted by Crippen LogP contribution is 1.98. The fraction of sp³-hybridized carbons (Fsp3) is 0. The molecule has 54 valence electrons. The van der Waals surface area contributed by atoms with Crippen molar-refractivity contribution >= 4 is 41.5 Å². The lowest BCUT2D eigenvalue weighted by atomic mass is 10.7. The summed E-state index contributed by atoms with van der Waals surface area (Å²) in [5, 5.41) is 0.0669. The van der Waals surface area contributed by atoms with E-state index in [-0.39, 0.29) is 5.16 Å². The molecular weight excluding hydrogens is 175 g/mol. The molecule has 0 spiro atoms. The number of hydrogen-bond acceptors (Lipinski definition) is 2. The zero-order chi connectivity index (χ0) is 7.82. The van der Waals surface area contributed by atoms with Crippen LogP contribution in [0.1, 0.15) is 0 Å². The molecule has 0 aromatic rings. The van der Waals surface area contributed by atoms with Crippen LogP contribution in [0.15, 0.2) is 21.2 Å². The largest absolute Gasteiger partial charge is 0.298 e. The van der Waals surface area contributed by atoms with E-state index in [9.17, 15) is 4.79 Å². The first-order valence-corrected chi connectivity index (χ1v) is 3.08. The van der Waals surface area contributed by atoms with E-state index in [0.717, 1.165) is 18.1 Å².